The normalized spacial score (nSPS) is 11.9. The first-order valence-electron chi connectivity index (χ1n) is 10.6. The number of carbonyl (C=O) groups is 1. The first-order chi connectivity index (χ1) is 13.8. The molecular formula is C25H34O3. The summed E-state index contributed by atoms with van der Waals surface area (Å²) in [5.74, 6) is -0.127. The van der Waals surface area contributed by atoms with E-state index in [1.807, 2.05) is 36.4 Å². The predicted molar refractivity (Wildman–Crippen MR) is 114 cm³/mol. The van der Waals surface area contributed by atoms with Crippen LogP contribution in [0.5, 0.6) is 0 Å². The van der Waals surface area contributed by atoms with Crippen LogP contribution in [0.3, 0.4) is 0 Å². The van der Waals surface area contributed by atoms with E-state index in [-0.39, 0.29) is 12.1 Å². The second-order valence-corrected chi connectivity index (χ2v) is 7.26. The van der Waals surface area contributed by atoms with Gasteiger partial charge in [0.15, 0.2) is 0 Å². The molecule has 1 unspecified atom stereocenters. The van der Waals surface area contributed by atoms with Gasteiger partial charge >= 0.3 is 5.97 Å². The van der Waals surface area contributed by atoms with Gasteiger partial charge in [0.1, 0.15) is 0 Å². The lowest BCUT2D eigenvalue weighted by atomic mass is 10.1. The number of hydrogen-bond acceptors (Lipinski definition) is 3. The summed E-state index contributed by atoms with van der Waals surface area (Å²) in [5.41, 5.74) is 2.36. The van der Waals surface area contributed by atoms with Crippen molar-refractivity contribution in [3.05, 3.63) is 71.8 Å². The van der Waals surface area contributed by atoms with Gasteiger partial charge in [-0.05, 0) is 24.0 Å². The minimum absolute atomic E-state index is 0.110. The molecule has 2 aromatic carbocycles. The van der Waals surface area contributed by atoms with Gasteiger partial charge in [-0.15, -0.1) is 0 Å². The maximum atomic E-state index is 12.1. The zero-order chi connectivity index (χ0) is 19.9. The number of unbranched alkanes of at least 4 members (excludes halogenated alkanes) is 3. The topological polar surface area (TPSA) is 35.5 Å². The van der Waals surface area contributed by atoms with Crippen LogP contribution in [0.15, 0.2) is 60.7 Å². The van der Waals surface area contributed by atoms with Gasteiger partial charge in [-0.1, -0.05) is 93.3 Å². The third-order valence-electron chi connectivity index (χ3n) is 4.88. The van der Waals surface area contributed by atoms with Gasteiger partial charge in [0.25, 0.3) is 0 Å². The van der Waals surface area contributed by atoms with Crippen molar-refractivity contribution in [2.75, 3.05) is 6.61 Å². The summed E-state index contributed by atoms with van der Waals surface area (Å²) in [7, 11) is 0. The highest BCUT2D eigenvalue weighted by atomic mass is 16.5. The average molecular weight is 383 g/mol. The SMILES string of the molecule is CCCCCCC(CCC(=O)OCCc1ccccc1)OCc1ccccc1. The molecule has 0 spiro atoms. The summed E-state index contributed by atoms with van der Waals surface area (Å²) in [5, 5.41) is 0. The third-order valence-corrected chi connectivity index (χ3v) is 4.88. The number of benzene rings is 2. The molecule has 0 N–H and O–H groups in total. The molecule has 0 aliphatic rings. The number of esters is 1. The third kappa shape index (κ3) is 9.70. The van der Waals surface area contributed by atoms with E-state index in [0.717, 1.165) is 25.7 Å². The van der Waals surface area contributed by atoms with Crippen LogP contribution in [-0.2, 0) is 27.3 Å². The summed E-state index contributed by atoms with van der Waals surface area (Å²) >= 11 is 0. The Balaban J connectivity index is 1.70. The molecule has 3 nitrogen and oxygen atoms in total. The molecule has 152 valence electrons. The minimum atomic E-state index is -0.127. The molecule has 0 radical (unpaired) electrons. The molecule has 0 aliphatic heterocycles. The summed E-state index contributed by atoms with van der Waals surface area (Å²) in [6.45, 7) is 3.26. The number of ether oxygens (including phenoxy) is 2. The Hall–Kier alpha value is -2.13. The first-order valence-corrected chi connectivity index (χ1v) is 10.6. The highest BCUT2D eigenvalue weighted by Crippen LogP contribution is 2.16. The Bertz CT molecular complexity index is 639. The lowest BCUT2D eigenvalue weighted by molar-refractivity contribution is -0.144. The van der Waals surface area contributed by atoms with Crippen LogP contribution in [0, 0.1) is 0 Å². The number of hydrogen-bond donors (Lipinski definition) is 0. The maximum Gasteiger partial charge on any atom is 0.305 e. The highest BCUT2D eigenvalue weighted by molar-refractivity contribution is 5.69. The summed E-state index contributed by atoms with van der Waals surface area (Å²) < 4.78 is 11.5. The van der Waals surface area contributed by atoms with Gasteiger partial charge in [0, 0.05) is 12.8 Å². The summed E-state index contributed by atoms with van der Waals surface area (Å²) in [4.78, 5) is 12.1. The van der Waals surface area contributed by atoms with Gasteiger partial charge in [-0.25, -0.2) is 0 Å². The van der Waals surface area contributed by atoms with E-state index in [4.69, 9.17) is 9.47 Å². The molecule has 0 aromatic heterocycles. The molecule has 3 heteroatoms. The Labute approximate surface area is 170 Å². The number of carbonyl (C=O) groups excluding carboxylic acids is 1. The van der Waals surface area contributed by atoms with Crippen LogP contribution < -0.4 is 0 Å². The van der Waals surface area contributed by atoms with Crippen LogP contribution in [0.1, 0.15) is 63.0 Å². The monoisotopic (exact) mass is 382 g/mol. The van der Waals surface area contributed by atoms with Crippen LogP contribution in [0.4, 0.5) is 0 Å². The van der Waals surface area contributed by atoms with Crippen molar-refractivity contribution in [3.63, 3.8) is 0 Å². The van der Waals surface area contributed by atoms with E-state index in [9.17, 15) is 4.79 Å². The molecule has 28 heavy (non-hydrogen) atoms. The predicted octanol–water partition coefficient (Wildman–Crippen LogP) is 6.11. The molecule has 0 bridgehead atoms. The standard InChI is InChI=1S/C25H34O3/c1-2-3-4-11-16-24(28-21-23-14-9-6-10-15-23)17-18-25(26)27-20-19-22-12-7-5-8-13-22/h5-10,12-15,24H,2-4,11,16-21H2,1H3. The fraction of sp³-hybridized carbons (Fsp3) is 0.480. The van der Waals surface area contributed by atoms with Gasteiger partial charge in [-0.2, -0.15) is 0 Å². The van der Waals surface area contributed by atoms with E-state index >= 15 is 0 Å². The molecule has 2 aromatic rings. The Morgan fingerprint density at radius 3 is 2.21 bits per heavy atom. The van der Waals surface area contributed by atoms with E-state index in [1.165, 1.54) is 30.4 Å². The van der Waals surface area contributed by atoms with E-state index in [1.54, 1.807) is 0 Å². The van der Waals surface area contributed by atoms with Crippen molar-refractivity contribution in [2.45, 2.75) is 71.0 Å². The minimum Gasteiger partial charge on any atom is -0.465 e. The number of rotatable bonds is 14. The molecular weight excluding hydrogens is 348 g/mol. The Kier molecular flexibility index (Phi) is 11.0. The fourth-order valence-corrected chi connectivity index (χ4v) is 3.18. The van der Waals surface area contributed by atoms with Crippen LogP contribution in [0.2, 0.25) is 0 Å². The first kappa shape index (κ1) is 22.2. The quantitative estimate of drug-likeness (QED) is 0.292. The smallest absolute Gasteiger partial charge is 0.305 e. The van der Waals surface area contributed by atoms with E-state index in [2.05, 4.69) is 31.2 Å². The molecule has 0 saturated heterocycles. The molecule has 0 heterocycles. The van der Waals surface area contributed by atoms with Crippen LogP contribution >= 0.6 is 0 Å². The van der Waals surface area contributed by atoms with Crippen LogP contribution in [0.25, 0.3) is 0 Å². The van der Waals surface area contributed by atoms with Crippen molar-refractivity contribution in [1.29, 1.82) is 0 Å². The molecule has 1 atom stereocenters. The Morgan fingerprint density at radius 2 is 1.54 bits per heavy atom. The average Bonchev–Trinajstić information content (AvgIpc) is 2.74. The lowest BCUT2D eigenvalue weighted by Gasteiger charge is -2.18. The zero-order valence-electron chi connectivity index (χ0n) is 17.1. The van der Waals surface area contributed by atoms with Crippen molar-refractivity contribution in [3.8, 4) is 0 Å². The summed E-state index contributed by atoms with van der Waals surface area (Å²) in [6, 6.07) is 20.3. The van der Waals surface area contributed by atoms with Gasteiger partial charge < -0.3 is 9.47 Å². The molecule has 2 rings (SSSR count). The highest BCUT2D eigenvalue weighted by Gasteiger charge is 2.13. The molecule has 0 aliphatic carbocycles. The van der Waals surface area contributed by atoms with E-state index < -0.39 is 0 Å². The maximum absolute atomic E-state index is 12.1. The second-order valence-electron chi connectivity index (χ2n) is 7.26. The van der Waals surface area contributed by atoms with E-state index in [0.29, 0.717) is 19.6 Å². The molecule has 0 saturated carbocycles. The molecule has 0 amide bonds. The van der Waals surface area contributed by atoms with Crippen LogP contribution in [-0.4, -0.2) is 18.7 Å². The summed E-state index contributed by atoms with van der Waals surface area (Å²) in [6.07, 6.45) is 7.88. The largest absolute Gasteiger partial charge is 0.465 e. The zero-order valence-corrected chi connectivity index (χ0v) is 17.1. The molecule has 0 fully saturated rings. The Morgan fingerprint density at radius 1 is 0.857 bits per heavy atom. The lowest BCUT2D eigenvalue weighted by Crippen LogP contribution is -2.16. The van der Waals surface area contributed by atoms with Gasteiger partial charge in [0.05, 0.1) is 19.3 Å². The van der Waals surface area contributed by atoms with Gasteiger partial charge in [-0.3, -0.25) is 4.79 Å². The second kappa shape index (κ2) is 14.0. The van der Waals surface area contributed by atoms with Crippen molar-refractivity contribution < 1.29 is 14.3 Å². The van der Waals surface area contributed by atoms with Crippen molar-refractivity contribution in [1.82, 2.24) is 0 Å². The van der Waals surface area contributed by atoms with Crippen molar-refractivity contribution >= 4 is 5.97 Å². The fourth-order valence-electron chi connectivity index (χ4n) is 3.18. The van der Waals surface area contributed by atoms with Crippen molar-refractivity contribution in [2.24, 2.45) is 0 Å². The van der Waals surface area contributed by atoms with Gasteiger partial charge in [0.2, 0.25) is 0 Å².